The van der Waals surface area contributed by atoms with E-state index in [0.717, 1.165) is 38.5 Å². The summed E-state index contributed by atoms with van der Waals surface area (Å²) in [6.07, 6.45) is 52.8. The molecule has 0 aromatic rings. The fourth-order valence-electron chi connectivity index (χ4n) is 7.75. The number of carbonyl (C=O) groups excluding carboxylic acids is 2. The Morgan fingerprint density at radius 3 is 1.10 bits per heavy atom. The largest absolute Gasteiger partial charge is 0.472 e. The van der Waals surface area contributed by atoms with Crippen molar-refractivity contribution in [3.8, 4) is 0 Å². The molecule has 0 aromatic heterocycles. The standard InChI is InChI=1S/C51H99O8P/c1-4-7-9-11-13-15-17-19-21-23-25-26-27-28-30-31-33-35-37-39-41-43-45-50(52)56-47-49(48-58-60(54,55)57-6-3)59-51(53)46-44-42-40-38-36-34-32-29-24-22-20-18-16-14-12-10-8-5-2/h22,24,49H,4-21,23,25-48H2,1-3H3,(H,54,55)/b24-22-. The molecule has 8 nitrogen and oxygen atoms in total. The van der Waals surface area contributed by atoms with Crippen LogP contribution < -0.4 is 0 Å². The van der Waals surface area contributed by atoms with Crippen LogP contribution >= 0.6 is 7.82 Å². The van der Waals surface area contributed by atoms with Gasteiger partial charge in [0, 0.05) is 12.8 Å². The van der Waals surface area contributed by atoms with Crippen LogP contribution in [0, 0.1) is 0 Å². The Morgan fingerprint density at radius 2 is 0.750 bits per heavy atom. The first-order valence-corrected chi connectivity index (χ1v) is 27.5. The Labute approximate surface area is 371 Å². The van der Waals surface area contributed by atoms with Crippen LogP contribution in [0.1, 0.15) is 278 Å². The van der Waals surface area contributed by atoms with Crippen molar-refractivity contribution in [1.82, 2.24) is 0 Å². The van der Waals surface area contributed by atoms with Crippen molar-refractivity contribution in [2.45, 2.75) is 284 Å². The van der Waals surface area contributed by atoms with Gasteiger partial charge in [-0.2, -0.15) is 0 Å². The zero-order valence-corrected chi connectivity index (χ0v) is 40.8. The van der Waals surface area contributed by atoms with E-state index in [1.165, 1.54) is 199 Å². The minimum Gasteiger partial charge on any atom is -0.462 e. The molecule has 0 radical (unpaired) electrons. The summed E-state index contributed by atoms with van der Waals surface area (Å²) in [4.78, 5) is 34.9. The minimum atomic E-state index is -4.28. The SMILES string of the molecule is CCCCCCCCC/C=C\CCCCCCCCCC(=O)OC(COC(=O)CCCCCCCCCCCCCCCCCCCCCCCC)COP(=O)(O)OCC. The van der Waals surface area contributed by atoms with Gasteiger partial charge in [0.1, 0.15) is 6.61 Å². The molecule has 2 unspecified atom stereocenters. The molecule has 356 valence electrons. The van der Waals surface area contributed by atoms with Crippen LogP contribution in [-0.4, -0.2) is 42.8 Å². The lowest BCUT2D eigenvalue weighted by Crippen LogP contribution is -2.29. The lowest BCUT2D eigenvalue weighted by atomic mass is 10.0. The van der Waals surface area contributed by atoms with Crippen molar-refractivity contribution in [3.05, 3.63) is 12.2 Å². The third kappa shape index (κ3) is 46.3. The molecule has 1 N–H and O–H groups in total. The summed E-state index contributed by atoms with van der Waals surface area (Å²) < 4.78 is 32.8. The molecule has 0 bridgehead atoms. The molecule has 0 aliphatic carbocycles. The fourth-order valence-corrected chi connectivity index (χ4v) is 8.50. The number of hydrogen-bond acceptors (Lipinski definition) is 7. The monoisotopic (exact) mass is 871 g/mol. The maximum atomic E-state index is 12.6. The normalized spacial score (nSPS) is 13.2. The molecule has 0 saturated carbocycles. The van der Waals surface area contributed by atoms with Crippen LogP contribution in [0.5, 0.6) is 0 Å². The van der Waals surface area contributed by atoms with Gasteiger partial charge in [-0.3, -0.25) is 18.6 Å². The van der Waals surface area contributed by atoms with E-state index in [2.05, 4.69) is 26.0 Å². The highest BCUT2D eigenvalue weighted by Crippen LogP contribution is 2.43. The first-order valence-electron chi connectivity index (χ1n) is 26.0. The van der Waals surface area contributed by atoms with Gasteiger partial charge in [-0.15, -0.1) is 0 Å². The molecule has 0 aromatic carbocycles. The second kappa shape index (κ2) is 47.3. The molecule has 0 amide bonds. The summed E-state index contributed by atoms with van der Waals surface area (Å²) in [5.74, 6) is -0.785. The van der Waals surface area contributed by atoms with E-state index in [1.54, 1.807) is 6.92 Å². The number of rotatable bonds is 49. The number of esters is 2. The topological polar surface area (TPSA) is 108 Å². The van der Waals surface area contributed by atoms with Crippen LogP contribution in [0.25, 0.3) is 0 Å². The smallest absolute Gasteiger partial charge is 0.462 e. The summed E-state index contributed by atoms with van der Waals surface area (Å²) >= 11 is 0. The number of phosphoric ester groups is 1. The quantitative estimate of drug-likeness (QED) is 0.0279. The van der Waals surface area contributed by atoms with Gasteiger partial charge < -0.3 is 14.4 Å². The van der Waals surface area contributed by atoms with Crippen LogP contribution in [-0.2, 0) is 32.7 Å². The molecular weight excluding hydrogens is 772 g/mol. The van der Waals surface area contributed by atoms with E-state index < -0.39 is 19.9 Å². The van der Waals surface area contributed by atoms with Crippen LogP contribution in [0.15, 0.2) is 12.2 Å². The average molecular weight is 871 g/mol. The van der Waals surface area contributed by atoms with E-state index >= 15 is 0 Å². The van der Waals surface area contributed by atoms with Crippen LogP contribution in [0.3, 0.4) is 0 Å². The Kier molecular flexibility index (Phi) is 46.3. The summed E-state index contributed by atoms with van der Waals surface area (Å²) in [5.41, 5.74) is 0. The molecule has 0 rings (SSSR count). The highest BCUT2D eigenvalue weighted by Gasteiger charge is 2.25. The molecule has 0 saturated heterocycles. The third-order valence-corrected chi connectivity index (χ3v) is 12.6. The van der Waals surface area contributed by atoms with Crippen molar-refractivity contribution in [1.29, 1.82) is 0 Å². The summed E-state index contributed by atoms with van der Waals surface area (Å²) in [6, 6.07) is 0. The maximum Gasteiger partial charge on any atom is 0.472 e. The van der Waals surface area contributed by atoms with Gasteiger partial charge in [-0.1, -0.05) is 231 Å². The Morgan fingerprint density at radius 1 is 0.433 bits per heavy atom. The summed E-state index contributed by atoms with van der Waals surface area (Å²) in [7, 11) is -4.28. The molecule has 60 heavy (non-hydrogen) atoms. The fraction of sp³-hybridized carbons (Fsp3) is 0.922. The molecule has 2 atom stereocenters. The van der Waals surface area contributed by atoms with Gasteiger partial charge in [0.15, 0.2) is 6.10 Å². The zero-order chi connectivity index (χ0) is 43.9. The lowest BCUT2D eigenvalue weighted by molar-refractivity contribution is -0.161. The highest BCUT2D eigenvalue weighted by molar-refractivity contribution is 7.47. The Balaban J connectivity index is 3.93. The summed E-state index contributed by atoms with van der Waals surface area (Å²) in [5, 5.41) is 0. The average Bonchev–Trinajstić information content (AvgIpc) is 3.23. The number of unbranched alkanes of at least 4 members (excludes halogenated alkanes) is 35. The predicted octanol–water partition coefficient (Wildman–Crippen LogP) is 16.8. The highest BCUT2D eigenvalue weighted by atomic mass is 31.2. The van der Waals surface area contributed by atoms with Gasteiger partial charge in [-0.25, -0.2) is 4.57 Å². The van der Waals surface area contributed by atoms with Gasteiger partial charge in [-0.05, 0) is 45.4 Å². The van der Waals surface area contributed by atoms with Crippen molar-refractivity contribution < 1.29 is 37.6 Å². The Bertz CT molecular complexity index is 988. The number of phosphoric acid groups is 1. The molecule has 0 heterocycles. The number of carbonyl (C=O) groups is 2. The maximum absolute atomic E-state index is 12.6. The number of hydrogen-bond donors (Lipinski definition) is 1. The van der Waals surface area contributed by atoms with Crippen molar-refractivity contribution in [3.63, 3.8) is 0 Å². The van der Waals surface area contributed by atoms with E-state index in [4.69, 9.17) is 18.5 Å². The van der Waals surface area contributed by atoms with Crippen LogP contribution in [0.2, 0.25) is 0 Å². The van der Waals surface area contributed by atoms with Crippen molar-refractivity contribution in [2.24, 2.45) is 0 Å². The lowest BCUT2D eigenvalue weighted by Gasteiger charge is -2.19. The van der Waals surface area contributed by atoms with Gasteiger partial charge >= 0.3 is 19.8 Å². The van der Waals surface area contributed by atoms with Crippen molar-refractivity contribution >= 4 is 19.8 Å². The van der Waals surface area contributed by atoms with Gasteiger partial charge in [0.05, 0.1) is 13.2 Å². The van der Waals surface area contributed by atoms with Gasteiger partial charge in [0.25, 0.3) is 0 Å². The molecular formula is C51H99O8P. The first-order chi connectivity index (χ1) is 29.3. The van der Waals surface area contributed by atoms with E-state index in [1.807, 2.05) is 0 Å². The Hall–Kier alpha value is -1.21. The summed E-state index contributed by atoms with van der Waals surface area (Å²) in [6.45, 7) is 5.53. The van der Waals surface area contributed by atoms with E-state index in [-0.39, 0.29) is 32.2 Å². The predicted molar refractivity (Wildman–Crippen MR) is 253 cm³/mol. The molecule has 9 heteroatoms. The molecule has 0 aliphatic rings. The zero-order valence-electron chi connectivity index (χ0n) is 39.9. The second-order valence-electron chi connectivity index (χ2n) is 17.5. The third-order valence-electron chi connectivity index (χ3n) is 11.6. The number of ether oxygens (including phenoxy) is 2. The first kappa shape index (κ1) is 58.8. The van der Waals surface area contributed by atoms with Crippen LogP contribution in [0.4, 0.5) is 0 Å². The molecule has 0 aliphatic heterocycles. The van der Waals surface area contributed by atoms with E-state index in [9.17, 15) is 19.0 Å². The van der Waals surface area contributed by atoms with Crippen molar-refractivity contribution in [2.75, 3.05) is 19.8 Å². The molecule has 0 spiro atoms. The number of allylic oxidation sites excluding steroid dienone is 2. The van der Waals surface area contributed by atoms with E-state index in [0.29, 0.717) is 12.8 Å². The molecule has 0 fully saturated rings. The van der Waals surface area contributed by atoms with Gasteiger partial charge in [0.2, 0.25) is 0 Å². The second-order valence-corrected chi connectivity index (χ2v) is 19.0. The minimum absolute atomic E-state index is 0.00314.